The Morgan fingerprint density at radius 2 is 1.81 bits per heavy atom. The van der Waals surface area contributed by atoms with Gasteiger partial charge in [0.1, 0.15) is 10.6 Å². The summed E-state index contributed by atoms with van der Waals surface area (Å²) in [6.07, 6.45) is 0. The van der Waals surface area contributed by atoms with Crippen LogP contribution in [0, 0.1) is 6.92 Å². The average Bonchev–Trinajstić information content (AvgIpc) is 2.79. The first-order valence-corrected chi connectivity index (χ1v) is 6.65. The Labute approximate surface area is 123 Å². The summed E-state index contributed by atoms with van der Waals surface area (Å²) in [7, 11) is 0. The highest BCUT2D eigenvalue weighted by atomic mass is 32.1. The SMILES string of the molecule is Cc1nc(N)sc1C(=O)/C(=N/N)c1ccc(C(=O)O)cc1. The number of Topliss-reactive ketones (excluding diaryl/α,β-unsaturated/α-hetero) is 1. The van der Waals surface area contributed by atoms with Gasteiger partial charge in [0, 0.05) is 5.56 Å². The van der Waals surface area contributed by atoms with Gasteiger partial charge in [0.2, 0.25) is 5.78 Å². The smallest absolute Gasteiger partial charge is 0.335 e. The lowest BCUT2D eigenvalue weighted by molar-refractivity contribution is 0.0696. The number of hydrogen-bond acceptors (Lipinski definition) is 7. The summed E-state index contributed by atoms with van der Waals surface area (Å²) in [5.41, 5.74) is 6.64. The summed E-state index contributed by atoms with van der Waals surface area (Å²) in [5.74, 6) is 3.85. The van der Waals surface area contributed by atoms with E-state index in [4.69, 9.17) is 16.7 Å². The van der Waals surface area contributed by atoms with Gasteiger partial charge in [-0.2, -0.15) is 5.10 Å². The summed E-state index contributed by atoms with van der Waals surface area (Å²) >= 11 is 1.06. The number of nitrogens with zero attached hydrogens (tertiary/aromatic N) is 2. The molecule has 108 valence electrons. The summed E-state index contributed by atoms with van der Waals surface area (Å²) in [6.45, 7) is 1.67. The van der Waals surface area contributed by atoms with Gasteiger partial charge in [-0.3, -0.25) is 4.79 Å². The third kappa shape index (κ3) is 2.90. The standard InChI is InChI=1S/C13H12N4O3S/c1-6-11(21-13(14)16-6)10(18)9(17-15)7-2-4-8(5-3-7)12(19)20/h2-5H,15H2,1H3,(H2,14,16)(H,19,20)/b17-9+. The maximum atomic E-state index is 12.4. The van der Waals surface area contributed by atoms with Crippen molar-refractivity contribution in [2.45, 2.75) is 6.92 Å². The zero-order valence-electron chi connectivity index (χ0n) is 11.0. The number of carboxylic acids is 1. The van der Waals surface area contributed by atoms with Crippen LogP contribution in [0.5, 0.6) is 0 Å². The number of carbonyl (C=O) groups is 2. The molecule has 0 unspecified atom stereocenters. The van der Waals surface area contributed by atoms with Crippen LogP contribution >= 0.6 is 11.3 Å². The summed E-state index contributed by atoms with van der Waals surface area (Å²) in [6, 6.07) is 5.72. The van der Waals surface area contributed by atoms with Crippen molar-refractivity contribution in [3.8, 4) is 0 Å². The molecule has 0 aliphatic heterocycles. The number of aromatic nitrogens is 1. The summed E-state index contributed by atoms with van der Waals surface area (Å²) in [4.78, 5) is 27.6. The number of carbonyl (C=O) groups excluding carboxylic acids is 1. The molecule has 7 nitrogen and oxygen atoms in total. The van der Waals surface area contributed by atoms with Crippen molar-refractivity contribution in [1.29, 1.82) is 0 Å². The number of aromatic carboxylic acids is 1. The first-order valence-electron chi connectivity index (χ1n) is 5.83. The molecule has 0 saturated heterocycles. The van der Waals surface area contributed by atoms with Crippen LogP contribution in [-0.2, 0) is 0 Å². The van der Waals surface area contributed by atoms with Crippen LogP contribution in [0.4, 0.5) is 5.13 Å². The molecule has 21 heavy (non-hydrogen) atoms. The Hall–Kier alpha value is -2.74. The number of rotatable bonds is 4. The van der Waals surface area contributed by atoms with Crippen molar-refractivity contribution >= 4 is 33.9 Å². The van der Waals surface area contributed by atoms with Crippen molar-refractivity contribution in [3.63, 3.8) is 0 Å². The molecule has 1 aromatic heterocycles. The third-order valence-corrected chi connectivity index (χ3v) is 3.75. The minimum absolute atomic E-state index is 0.0266. The first-order chi connectivity index (χ1) is 9.93. The van der Waals surface area contributed by atoms with Gasteiger partial charge in [-0.15, -0.1) is 0 Å². The van der Waals surface area contributed by atoms with Crippen molar-refractivity contribution in [1.82, 2.24) is 4.98 Å². The number of thiazole rings is 1. The van der Waals surface area contributed by atoms with Crippen molar-refractivity contribution in [2.24, 2.45) is 10.9 Å². The summed E-state index contributed by atoms with van der Waals surface area (Å²) in [5, 5.41) is 12.7. The third-order valence-electron chi connectivity index (χ3n) is 2.77. The number of aryl methyl sites for hydroxylation is 1. The second-order valence-electron chi connectivity index (χ2n) is 4.16. The highest BCUT2D eigenvalue weighted by Gasteiger charge is 2.21. The molecule has 0 atom stereocenters. The van der Waals surface area contributed by atoms with Gasteiger partial charge in [0.25, 0.3) is 0 Å². The predicted octanol–water partition coefficient (Wildman–Crippen LogP) is 1.28. The van der Waals surface area contributed by atoms with Gasteiger partial charge in [0.15, 0.2) is 5.13 Å². The molecule has 8 heteroatoms. The molecule has 0 saturated carbocycles. The monoisotopic (exact) mass is 304 g/mol. The Bertz CT molecular complexity index is 734. The second-order valence-corrected chi connectivity index (χ2v) is 5.19. The fourth-order valence-corrected chi connectivity index (χ4v) is 2.54. The van der Waals surface area contributed by atoms with Crippen LogP contribution in [-0.4, -0.2) is 27.6 Å². The average molecular weight is 304 g/mol. The fraction of sp³-hybridized carbons (Fsp3) is 0.0769. The molecule has 0 spiro atoms. The van der Waals surface area contributed by atoms with Crippen molar-refractivity contribution < 1.29 is 14.7 Å². The first kappa shape index (κ1) is 14.7. The lowest BCUT2D eigenvalue weighted by atomic mass is 10.0. The Kier molecular flexibility index (Phi) is 3.99. The van der Waals surface area contributed by atoms with E-state index >= 15 is 0 Å². The van der Waals surface area contributed by atoms with Crippen molar-refractivity contribution in [2.75, 3.05) is 5.73 Å². The molecule has 0 bridgehead atoms. The maximum absolute atomic E-state index is 12.4. The van der Waals surface area contributed by atoms with E-state index in [-0.39, 0.29) is 16.4 Å². The molecule has 0 fully saturated rings. The van der Waals surface area contributed by atoms with Crippen LogP contribution in [0.1, 0.15) is 31.3 Å². The number of hydrogen-bond donors (Lipinski definition) is 3. The predicted molar refractivity (Wildman–Crippen MR) is 79.7 cm³/mol. The van der Waals surface area contributed by atoms with Gasteiger partial charge in [-0.1, -0.05) is 23.5 Å². The number of benzene rings is 1. The minimum atomic E-state index is -1.05. The molecule has 0 aliphatic carbocycles. The van der Waals surface area contributed by atoms with Gasteiger partial charge in [-0.05, 0) is 19.1 Å². The maximum Gasteiger partial charge on any atom is 0.335 e. The van der Waals surface area contributed by atoms with Gasteiger partial charge < -0.3 is 16.7 Å². The van der Waals surface area contributed by atoms with Crippen LogP contribution in [0.25, 0.3) is 0 Å². The molecular weight excluding hydrogens is 292 g/mol. The molecule has 1 heterocycles. The van der Waals surface area contributed by atoms with E-state index in [1.165, 1.54) is 24.3 Å². The molecule has 1 aromatic carbocycles. The molecule has 2 rings (SSSR count). The number of anilines is 1. The zero-order valence-corrected chi connectivity index (χ0v) is 11.8. The largest absolute Gasteiger partial charge is 0.478 e. The van der Waals surface area contributed by atoms with E-state index in [1.54, 1.807) is 6.92 Å². The number of carboxylic acid groups (broad SMARTS) is 1. The number of nitrogen functional groups attached to an aromatic ring is 1. The normalized spacial score (nSPS) is 11.4. The second kappa shape index (κ2) is 5.71. The van der Waals surface area contributed by atoms with E-state index in [2.05, 4.69) is 10.1 Å². The van der Waals surface area contributed by atoms with E-state index in [0.29, 0.717) is 16.1 Å². The van der Waals surface area contributed by atoms with Gasteiger partial charge in [-0.25, -0.2) is 9.78 Å². The van der Waals surface area contributed by atoms with Crippen LogP contribution in [0.15, 0.2) is 29.4 Å². The van der Waals surface area contributed by atoms with Crippen LogP contribution in [0.2, 0.25) is 0 Å². The molecule has 0 amide bonds. The van der Waals surface area contributed by atoms with E-state index in [9.17, 15) is 9.59 Å². The van der Waals surface area contributed by atoms with Crippen molar-refractivity contribution in [3.05, 3.63) is 46.0 Å². The van der Waals surface area contributed by atoms with E-state index < -0.39 is 11.8 Å². The highest BCUT2D eigenvalue weighted by molar-refractivity contribution is 7.18. The Morgan fingerprint density at radius 3 is 2.24 bits per heavy atom. The minimum Gasteiger partial charge on any atom is -0.478 e. The molecule has 2 aromatic rings. The van der Waals surface area contributed by atoms with Crippen LogP contribution in [0.3, 0.4) is 0 Å². The van der Waals surface area contributed by atoms with E-state index in [1.807, 2.05) is 0 Å². The fourth-order valence-electron chi connectivity index (χ4n) is 1.77. The molecule has 5 N–H and O–H groups in total. The number of nitrogens with two attached hydrogens (primary N) is 2. The van der Waals surface area contributed by atoms with Gasteiger partial charge >= 0.3 is 5.97 Å². The quantitative estimate of drug-likeness (QED) is 0.337. The number of hydrazone groups is 1. The zero-order chi connectivity index (χ0) is 15.6. The Morgan fingerprint density at radius 1 is 1.24 bits per heavy atom. The highest BCUT2D eigenvalue weighted by Crippen LogP contribution is 2.22. The number of ketones is 1. The lowest BCUT2D eigenvalue weighted by Crippen LogP contribution is -2.18. The summed E-state index contributed by atoms with van der Waals surface area (Å²) < 4.78 is 0. The Balaban J connectivity index is 2.38. The van der Waals surface area contributed by atoms with Gasteiger partial charge in [0.05, 0.1) is 11.3 Å². The molecule has 0 radical (unpaired) electrons. The molecule has 0 aliphatic rings. The van der Waals surface area contributed by atoms with Crippen LogP contribution < -0.4 is 11.6 Å². The molecular formula is C13H12N4O3S. The lowest BCUT2D eigenvalue weighted by Gasteiger charge is -2.04. The topological polar surface area (TPSA) is 132 Å². The van der Waals surface area contributed by atoms with E-state index in [0.717, 1.165) is 11.3 Å².